The van der Waals surface area contributed by atoms with Gasteiger partial charge in [0.2, 0.25) is 5.91 Å². The van der Waals surface area contributed by atoms with Gasteiger partial charge >= 0.3 is 6.03 Å². The van der Waals surface area contributed by atoms with Crippen molar-refractivity contribution in [3.63, 3.8) is 0 Å². The molecule has 0 aromatic heterocycles. The fraction of sp³-hybridized carbons (Fsp3) is 0.870. The molecule has 1 N–H and O–H groups in total. The predicted molar refractivity (Wildman–Crippen MR) is 115 cm³/mol. The summed E-state index contributed by atoms with van der Waals surface area (Å²) in [5, 5.41) is 3.05. The number of carbonyl (C=O) groups is 3. The van der Waals surface area contributed by atoms with Gasteiger partial charge in [-0.3, -0.25) is 14.5 Å². The summed E-state index contributed by atoms with van der Waals surface area (Å²) in [5.41, 5.74) is -0.735. The molecule has 3 aliphatic heterocycles. The Morgan fingerprint density at radius 1 is 1.07 bits per heavy atom. The highest BCUT2D eigenvalue weighted by atomic mass is 16.2. The molecule has 4 amide bonds. The van der Waals surface area contributed by atoms with Crippen molar-refractivity contribution < 1.29 is 14.4 Å². The molecular weight excluding hydrogens is 380 g/mol. The first-order valence-corrected chi connectivity index (χ1v) is 12.0. The monoisotopic (exact) mass is 418 g/mol. The molecule has 4 fully saturated rings. The highest BCUT2D eigenvalue weighted by Gasteiger charge is 2.54. The number of amides is 4. The number of urea groups is 1. The first kappa shape index (κ1) is 21.6. The van der Waals surface area contributed by atoms with Crippen molar-refractivity contribution in [2.45, 2.75) is 83.2 Å². The highest BCUT2D eigenvalue weighted by Crippen LogP contribution is 2.33. The summed E-state index contributed by atoms with van der Waals surface area (Å²) in [7, 11) is 0. The predicted octanol–water partition coefficient (Wildman–Crippen LogP) is 2.60. The number of nitrogens with one attached hydrogen (secondary N) is 1. The van der Waals surface area contributed by atoms with E-state index >= 15 is 0 Å². The molecule has 4 aliphatic rings. The number of imide groups is 1. The van der Waals surface area contributed by atoms with Gasteiger partial charge in [0, 0.05) is 39.1 Å². The Balaban J connectivity index is 1.37. The molecule has 3 saturated heterocycles. The normalized spacial score (nSPS) is 28.0. The molecule has 0 aromatic carbocycles. The molecule has 0 radical (unpaired) electrons. The molecule has 0 bridgehead atoms. The summed E-state index contributed by atoms with van der Waals surface area (Å²) in [6, 6.07) is -0.445. The first-order chi connectivity index (χ1) is 14.4. The maximum absolute atomic E-state index is 13.4. The van der Waals surface area contributed by atoms with E-state index in [1.54, 1.807) is 0 Å². The molecule has 4 rings (SSSR count). The smallest absolute Gasteiger partial charge is 0.325 e. The van der Waals surface area contributed by atoms with Crippen LogP contribution in [0.4, 0.5) is 4.79 Å². The van der Waals surface area contributed by atoms with Crippen LogP contribution in [0.2, 0.25) is 0 Å². The lowest BCUT2D eigenvalue weighted by molar-refractivity contribution is -0.139. The lowest BCUT2D eigenvalue weighted by atomic mass is 9.86. The summed E-state index contributed by atoms with van der Waals surface area (Å²) < 4.78 is 0. The van der Waals surface area contributed by atoms with Gasteiger partial charge in [-0.15, -0.1) is 0 Å². The van der Waals surface area contributed by atoms with Crippen LogP contribution in [0.3, 0.4) is 0 Å². The molecular formula is C23H38N4O3. The molecule has 7 heteroatoms. The van der Waals surface area contributed by atoms with Crippen molar-refractivity contribution in [3.8, 4) is 0 Å². The van der Waals surface area contributed by atoms with Gasteiger partial charge in [-0.2, -0.15) is 0 Å². The van der Waals surface area contributed by atoms with E-state index in [-0.39, 0.29) is 23.9 Å². The largest absolute Gasteiger partial charge is 0.341 e. The average molecular weight is 419 g/mol. The lowest BCUT2D eigenvalue weighted by Gasteiger charge is -2.39. The van der Waals surface area contributed by atoms with Crippen LogP contribution in [0.5, 0.6) is 0 Å². The SMILES string of the molecule is CC(C)CN1CCC2(CC1)NC(=O)N(C1CCCN(C(=O)CC3CCCC3)C1)C2=O. The van der Waals surface area contributed by atoms with Gasteiger partial charge in [0.05, 0.1) is 6.04 Å². The van der Waals surface area contributed by atoms with Crippen LogP contribution in [-0.4, -0.2) is 76.8 Å². The Kier molecular flexibility index (Phi) is 6.37. The minimum absolute atomic E-state index is 0.0632. The van der Waals surface area contributed by atoms with Crippen LogP contribution >= 0.6 is 0 Å². The van der Waals surface area contributed by atoms with E-state index in [2.05, 4.69) is 24.1 Å². The number of hydrogen-bond donors (Lipinski definition) is 1. The second-order valence-corrected chi connectivity index (χ2v) is 10.4. The van der Waals surface area contributed by atoms with E-state index in [1.807, 2.05) is 4.90 Å². The van der Waals surface area contributed by atoms with Crippen molar-refractivity contribution in [1.29, 1.82) is 0 Å². The molecule has 0 aromatic rings. The van der Waals surface area contributed by atoms with Gasteiger partial charge in [0.15, 0.2) is 0 Å². The van der Waals surface area contributed by atoms with E-state index in [0.29, 0.717) is 37.6 Å². The lowest BCUT2D eigenvalue weighted by Crippen LogP contribution is -2.56. The number of carbonyl (C=O) groups excluding carboxylic acids is 3. The fourth-order valence-corrected chi connectivity index (χ4v) is 5.93. The van der Waals surface area contributed by atoms with E-state index in [0.717, 1.165) is 51.9 Å². The summed E-state index contributed by atoms with van der Waals surface area (Å²) in [6.45, 7) is 8.38. The standard InChI is InChI=1S/C23H38N4O3/c1-17(2)15-25-12-9-23(10-13-25)21(29)27(22(30)24-23)19-8-5-11-26(16-19)20(28)14-18-6-3-4-7-18/h17-19H,3-16H2,1-2H3,(H,24,30). The van der Waals surface area contributed by atoms with Crippen molar-refractivity contribution in [1.82, 2.24) is 20.0 Å². The second kappa shape index (κ2) is 8.85. The minimum Gasteiger partial charge on any atom is -0.341 e. The van der Waals surface area contributed by atoms with Crippen molar-refractivity contribution >= 4 is 17.8 Å². The average Bonchev–Trinajstić information content (AvgIpc) is 3.30. The van der Waals surface area contributed by atoms with E-state index in [9.17, 15) is 14.4 Å². The van der Waals surface area contributed by atoms with Crippen LogP contribution in [0.15, 0.2) is 0 Å². The van der Waals surface area contributed by atoms with Gasteiger partial charge < -0.3 is 15.1 Å². The summed E-state index contributed by atoms with van der Waals surface area (Å²) in [6.07, 6.45) is 8.42. The Bertz CT molecular complexity index is 665. The van der Waals surface area contributed by atoms with Gasteiger partial charge in [-0.05, 0) is 50.4 Å². The second-order valence-electron chi connectivity index (χ2n) is 10.4. The number of likely N-dealkylation sites (tertiary alicyclic amines) is 2. The Labute approximate surface area is 180 Å². The van der Waals surface area contributed by atoms with E-state index in [1.165, 1.54) is 17.7 Å². The molecule has 3 heterocycles. The zero-order valence-electron chi connectivity index (χ0n) is 18.7. The number of piperidine rings is 2. The van der Waals surface area contributed by atoms with Crippen LogP contribution < -0.4 is 5.32 Å². The number of hydrogen-bond acceptors (Lipinski definition) is 4. The third-order valence-corrected chi connectivity index (χ3v) is 7.58. The quantitative estimate of drug-likeness (QED) is 0.697. The Morgan fingerprint density at radius 2 is 1.77 bits per heavy atom. The van der Waals surface area contributed by atoms with E-state index in [4.69, 9.17) is 0 Å². The van der Waals surface area contributed by atoms with Crippen LogP contribution in [-0.2, 0) is 9.59 Å². The minimum atomic E-state index is -0.735. The Morgan fingerprint density at radius 3 is 2.43 bits per heavy atom. The van der Waals surface area contributed by atoms with Crippen molar-refractivity contribution in [3.05, 3.63) is 0 Å². The Hall–Kier alpha value is -1.63. The first-order valence-electron chi connectivity index (χ1n) is 12.0. The third kappa shape index (κ3) is 4.36. The molecule has 7 nitrogen and oxygen atoms in total. The molecule has 1 saturated carbocycles. The topological polar surface area (TPSA) is 73.0 Å². The van der Waals surface area contributed by atoms with Crippen LogP contribution in [0.1, 0.15) is 71.6 Å². The van der Waals surface area contributed by atoms with Crippen molar-refractivity contribution in [2.24, 2.45) is 11.8 Å². The van der Waals surface area contributed by atoms with Gasteiger partial charge in [-0.1, -0.05) is 26.7 Å². The van der Waals surface area contributed by atoms with Crippen molar-refractivity contribution in [2.75, 3.05) is 32.7 Å². The van der Waals surface area contributed by atoms with Crippen LogP contribution in [0, 0.1) is 11.8 Å². The van der Waals surface area contributed by atoms with Crippen LogP contribution in [0.25, 0.3) is 0 Å². The maximum atomic E-state index is 13.4. The maximum Gasteiger partial charge on any atom is 0.325 e. The summed E-state index contributed by atoms with van der Waals surface area (Å²) in [5.74, 6) is 1.26. The number of nitrogens with zero attached hydrogens (tertiary/aromatic N) is 3. The molecule has 30 heavy (non-hydrogen) atoms. The molecule has 1 unspecified atom stereocenters. The van der Waals surface area contributed by atoms with E-state index < -0.39 is 5.54 Å². The zero-order chi connectivity index (χ0) is 21.3. The summed E-state index contributed by atoms with van der Waals surface area (Å²) in [4.78, 5) is 44.8. The zero-order valence-corrected chi connectivity index (χ0v) is 18.7. The summed E-state index contributed by atoms with van der Waals surface area (Å²) >= 11 is 0. The molecule has 1 aliphatic carbocycles. The third-order valence-electron chi connectivity index (χ3n) is 7.58. The molecule has 1 atom stereocenters. The molecule has 168 valence electrons. The fourth-order valence-electron chi connectivity index (χ4n) is 5.93. The number of rotatable bonds is 5. The highest BCUT2D eigenvalue weighted by molar-refractivity contribution is 6.07. The van der Waals surface area contributed by atoms with Gasteiger partial charge in [0.25, 0.3) is 5.91 Å². The van der Waals surface area contributed by atoms with Gasteiger partial charge in [0.1, 0.15) is 5.54 Å². The molecule has 1 spiro atoms. The van der Waals surface area contributed by atoms with Gasteiger partial charge in [-0.25, -0.2) is 4.79 Å².